The van der Waals surface area contributed by atoms with Crippen molar-refractivity contribution in [1.82, 2.24) is 0 Å². The van der Waals surface area contributed by atoms with Crippen LogP contribution in [0.4, 0.5) is 5.69 Å². The van der Waals surface area contributed by atoms with Gasteiger partial charge >= 0.3 is 5.97 Å². The first-order chi connectivity index (χ1) is 5.74. The van der Waals surface area contributed by atoms with Crippen molar-refractivity contribution >= 4 is 11.7 Å². The Hall–Kier alpha value is -1.35. The number of hydrogen-bond donors (Lipinski definition) is 1. The molecular formula is C9H12NO2+. The maximum Gasteiger partial charge on any atom is 0.338 e. The maximum absolute atomic E-state index is 11.1. The van der Waals surface area contributed by atoms with Crippen LogP contribution >= 0.6 is 0 Å². The molecule has 0 amide bonds. The molecule has 0 saturated heterocycles. The second-order valence-electron chi connectivity index (χ2n) is 2.42. The third kappa shape index (κ3) is 2.07. The van der Waals surface area contributed by atoms with Gasteiger partial charge in [-0.15, -0.1) is 0 Å². The molecule has 0 spiro atoms. The maximum atomic E-state index is 11.1. The van der Waals surface area contributed by atoms with Crippen LogP contribution in [0.1, 0.15) is 17.3 Å². The van der Waals surface area contributed by atoms with E-state index in [0.717, 1.165) is 5.69 Å². The molecule has 0 heterocycles. The summed E-state index contributed by atoms with van der Waals surface area (Å²) in [4.78, 5) is 11.1. The van der Waals surface area contributed by atoms with Crippen LogP contribution < -0.4 is 5.73 Å². The van der Waals surface area contributed by atoms with Gasteiger partial charge in [0.2, 0.25) is 0 Å². The zero-order valence-electron chi connectivity index (χ0n) is 7.04. The van der Waals surface area contributed by atoms with Gasteiger partial charge in [-0.25, -0.2) is 4.79 Å². The number of rotatable bonds is 2. The van der Waals surface area contributed by atoms with E-state index in [1.807, 2.05) is 0 Å². The molecule has 3 nitrogen and oxygen atoms in total. The van der Waals surface area contributed by atoms with Crippen LogP contribution in [0.15, 0.2) is 24.3 Å². The van der Waals surface area contributed by atoms with E-state index in [4.69, 9.17) is 4.74 Å². The summed E-state index contributed by atoms with van der Waals surface area (Å²) in [5.74, 6) is -0.280. The minimum Gasteiger partial charge on any atom is -0.462 e. The summed E-state index contributed by atoms with van der Waals surface area (Å²) >= 11 is 0. The van der Waals surface area contributed by atoms with E-state index < -0.39 is 0 Å². The lowest BCUT2D eigenvalue weighted by molar-refractivity contribution is -0.254. The van der Waals surface area contributed by atoms with Crippen LogP contribution in [0.3, 0.4) is 0 Å². The lowest BCUT2D eigenvalue weighted by Crippen LogP contribution is -2.39. The van der Waals surface area contributed by atoms with Crippen molar-refractivity contribution in [3.05, 3.63) is 29.8 Å². The largest absolute Gasteiger partial charge is 0.462 e. The normalized spacial score (nSPS) is 9.50. The molecule has 1 aromatic carbocycles. The molecule has 12 heavy (non-hydrogen) atoms. The molecule has 0 fully saturated rings. The Morgan fingerprint density at radius 1 is 1.42 bits per heavy atom. The Labute approximate surface area is 71.1 Å². The number of carbonyl (C=O) groups excluding carboxylic acids is 1. The van der Waals surface area contributed by atoms with Crippen molar-refractivity contribution in [3.8, 4) is 0 Å². The lowest BCUT2D eigenvalue weighted by atomic mass is 10.2. The number of esters is 1. The van der Waals surface area contributed by atoms with Gasteiger partial charge < -0.3 is 10.5 Å². The van der Waals surface area contributed by atoms with Crippen molar-refractivity contribution in [2.45, 2.75) is 6.92 Å². The number of ether oxygens (including phenoxy) is 1. The first kappa shape index (κ1) is 8.74. The first-order valence-corrected chi connectivity index (χ1v) is 3.83. The van der Waals surface area contributed by atoms with Crippen LogP contribution in [0, 0.1) is 0 Å². The Balaban J connectivity index is 2.75. The molecule has 0 atom stereocenters. The Kier molecular flexibility index (Phi) is 2.82. The molecule has 3 heteroatoms. The zero-order valence-corrected chi connectivity index (χ0v) is 7.04. The molecule has 0 unspecified atom stereocenters. The third-order valence-electron chi connectivity index (χ3n) is 1.47. The molecule has 1 aromatic rings. The monoisotopic (exact) mass is 166 g/mol. The van der Waals surface area contributed by atoms with Gasteiger partial charge in [0.15, 0.2) is 0 Å². The number of carbonyl (C=O) groups is 1. The van der Waals surface area contributed by atoms with Crippen molar-refractivity contribution in [3.63, 3.8) is 0 Å². The summed E-state index contributed by atoms with van der Waals surface area (Å²) < 4.78 is 4.81. The highest BCUT2D eigenvalue weighted by Gasteiger charge is 2.04. The van der Waals surface area contributed by atoms with Crippen molar-refractivity contribution in [2.24, 2.45) is 0 Å². The van der Waals surface area contributed by atoms with Crippen molar-refractivity contribution in [1.29, 1.82) is 0 Å². The zero-order chi connectivity index (χ0) is 8.97. The number of hydrogen-bond acceptors (Lipinski definition) is 2. The molecule has 0 aliphatic heterocycles. The third-order valence-corrected chi connectivity index (χ3v) is 1.47. The average molecular weight is 166 g/mol. The van der Waals surface area contributed by atoms with E-state index in [0.29, 0.717) is 12.2 Å². The van der Waals surface area contributed by atoms with Gasteiger partial charge in [0.05, 0.1) is 12.2 Å². The summed E-state index contributed by atoms with van der Waals surface area (Å²) in [6, 6.07) is 6.99. The van der Waals surface area contributed by atoms with Crippen LogP contribution in [0.25, 0.3) is 0 Å². The van der Waals surface area contributed by atoms with Crippen LogP contribution in [0.2, 0.25) is 0 Å². The lowest BCUT2D eigenvalue weighted by Gasteiger charge is -1.99. The number of quaternary nitrogens is 1. The molecular weight excluding hydrogens is 154 g/mol. The highest BCUT2D eigenvalue weighted by atomic mass is 16.5. The Morgan fingerprint density at radius 3 is 2.50 bits per heavy atom. The van der Waals surface area contributed by atoms with Gasteiger partial charge in [-0.2, -0.15) is 0 Å². The van der Waals surface area contributed by atoms with Gasteiger partial charge in [-0.1, -0.05) is 0 Å². The fraction of sp³-hybridized carbons (Fsp3) is 0.222. The molecule has 0 aliphatic carbocycles. The smallest absolute Gasteiger partial charge is 0.338 e. The molecule has 0 bridgehead atoms. The molecule has 3 N–H and O–H groups in total. The van der Waals surface area contributed by atoms with Crippen LogP contribution in [0.5, 0.6) is 0 Å². The van der Waals surface area contributed by atoms with E-state index in [1.54, 1.807) is 31.2 Å². The quantitative estimate of drug-likeness (QED) is 0.659. The SMILES string of the molecule is CCOC(=O)c1ccc([NH3+])cc1. The summed E-state index contributed by atoms with van der Waals surface area (Å²) in [5.41, 5.74) is 5.18. The Bertz CT molecular complexity index is 266. The molecule has 0 aliphatic rings. The van der Waals surface area contributed by atoms with Crippen LogP contribution in [-0.4, -0.2) is 12.6 Å². The summed E-state index contributed by atoms with van der Waals surface area (Å²) in [7, 11) is 0. The second kappa shape index (κ2) is 3.88. The standard InChI is InChI=1S/C9H11NO2/c1-2-12-9(11)7-3-5-8(10)6-4-7/h3-6H,2,10H2,1H3/p+1. The molecule has 0 radical (unpaired) electrons. The van der Waals surface area contributed by atoms with E-state index in [-0.39, 0.29) is 5.97 Å². The summed E-state index contributed by atoms with van der Waals surface area (Å²) in [6.45, 7) is 2.19. The summed E-state index contributed by atoms with van der Waals surface area (Å²) in [5, 5.41) is 0. The predicted molar refractivity (Wildman–Crippen MR) is 44.9 cm³/mol. The van der Waals surface area contributed by atoms with Gasteiger partial charge in [0.1, 0.15) is 5.69 Å². The van der Waals surface area contributed by atoms with Crippen molar-refractivity contribution < 1.29 is 15.3 Å². The fourth-order valence-corrected chi connectivity index (χ4v) is 0.855. The van der Waals surface area contributed by atoms with Crippen molar-refractivity contribution in [2.75, 3.05) is 6.61 Å². The second-order valence-corrected chi connectivity index (χ2v) is 2.42. The summed E-state index contributed by atoms with van der Waals surface area (Å²) in [6.07, 6.45) is 0. The average Bonchev–Trinajstić information content (AvgIpc) is 2.06. The number of benzene rings is 1. The molecule has 64 valence electrons. The van der Waals surface area contributed by atoms with Crippen LogP contribution in [-0.2, 0) is 4.74 Å². The van der Waals surface area contributed by atoms with E-state index >= 15 is 0 Å². The Morgan fingerprint density at radius 2 is 2.00 bits per heavy atom. The predicted octanol–water partition coefficient (Wildman–Crippen LogP) is 0.737. The molecule has 0 aromatic heterocycles. The van der Waals surface area contributed by atoms with E-state index in [1.165, 1.54) is 0 Å². The van der Waals surface area contributed by atoms with Gasteiger partial charge in [0, 0.05) is 0 Å². The fourth-order valence-electron chi connectivity index (χ4n) is 0.855. The highest BCUT2D eigenvalue weighted by Crippen LogP contribution is 2.05. The minimum atomic E-state index is -0.280. The first-order valence-electron chi connectivity index (χ1n) is 3.83. The molecule has 1 rings (SSSR count). The van der Waals surface area contributed by atoms with Gasteiger partial charge in [-0.3, -0.25) is 0 Å². The molecule has 0 saturated carbocycles. The van der Waals surface area contributed by atoms with E-state index in [9.17, 15) is 4.79 Å². The van der Waals surface area contributed by atoms with E-state index in [2.05, 4.69) is 5.73 Å². The minimum absolute atomic E-state index is 0.280. The topological polar surface area (TPSA) is 53.9 Å². The van der Waals surface area contributed by atoms with Gasteiger partial charge in [-0.05, 0) is 31.2 Å². The highest BCUT2D eigenvalue weighted by molar-refractivity contribution is 5.89. The van der Waals surface area contributed by atoms with Gasteiger partial charge in [0.25, 0.3) is 0 Å².